The Morgan fingerprint density at radius 2 is 1.28 bits per heavy atom. The Balaban J connectivity index is 1.23. The van der Waals surface area contributed by atoms with Crippen LogP contribution in [0.5, 0.6) is 11.5 Å². The predicted octanol–water partition coefficient (Wildman–Crippen LogP) is 8.61. The van der Waals surface area contributed by atoms with E-state index in [1.807, 2.05) is 48.5 Å². The summed E-state index contributed by atoms with van der Waals surface area (Å²) < 4.78 is 34.1. The monoisotopic (exact) mass is 646 g/mol. The van der Waals surface area contributed by atoms with Crippen molar-refractivity contribution in [3.63, 3.8) is 0 Å². The molecule has 7 nitrogen and oxygen atoms in total. The number of hydrogen-bond acceptors (Lipinski definition) is 8. The highest BCUT2D eigenvalue weighted by Crippen LogP contribution is 2.46. The fraction of sp³-hybridized carbons (Fsp3) is 0.324. The molecular formula is C37H39FO7S. The van der Waals surface area contributed by atoms with Crippen LogP contribution in [0.4, 0.5) is 4.39 Å². The van der Waals surface area contributed by atoms with Crippen molar-refractivity contribution in [1.29, 1.82) is 0 Å². The lowest BCUT2D eigenvalue weighted by molar-refractivity contribution is -0.141. The first kappa shape index (κ1) is 34.5. The van der Waals surface area contributed by atoms with E-state index in [1.54, 1.807) is 6.92 Å². The van der Waals surface area contributed by atoms with Crippen LogP contribution in [-0.2, 0) is 19.1 Å². The molecule has 1 atom stereocenters. The van der Waals surface area contributed by atoms with E-state index < -0.39 is 17.8 Å². The summed E-state index contributed by atoms with van der Waals surface area (Å²) in [5.74, 6) is -0.875. The number of fused-ring (bicyclic) bond motifs is 3. The number of halogens is 1. The molecule has 0 heterocycles. The number of benzene rings is 3. The van der Waals surface area contributed by atoms with Gasteiger partial charge in [0.05, 0.1) is 26.4 Å². The number of unbranched alkanes of at least 4 members (excludes halogenated alkanes) is 3. The maximum atomic E-state index is 13.2. The molecule has 0 aliphatic heterocycles. The SMILES string of the molecule is C=C(C)C(=O)OCCCOc1ccc(SC(=O)c2ccc3c(c2)[C@@H](C)c2cc(OCCCCCCOC(=O)C(=C)F)ccc2-3)cc1. The van der Waals surface area contributed by atoms with E-state index in [0.29, 0.717) is 42.9 Å². The average molecular weight is 647 g/mol. The summed E-state index contributed by atoms with van der Waals surface area (Å²) in [6.45, 7) is 11.6. The summed E-state index contributed by atoms with van der Waals surface area (Å²) in [4.78, 5) is 36.5. The number of carbonyl (C=O) groups excluding carboxylic acids is 3. The van der Waals surface area contributed by atoms with E-state index in [9.17, 15) is 18.8 Å². The summed E-state index contributed by atoms with van der Waals surface area (Å²) in [5, 5.41) is -0.0333. The normalized spacial score (nSPS) is 12.9. The van der Waals surface area contributed by atoms with Gasteiger partial charge >= 0.3 is 11.9 Å². The number of thioether (sulfide) groups is 1. The molecule has 46 heavy (non-hydrogen) atoms. The lowest BCUT2D eigenvalue weighted by atomic mass is 9.98. The van der Waals surface area contributed by atoms with Gasteiger partial charge in [-0.15, -0.1) is 0 Å². The number of rotatable bonds is 17. The van der Waals surface area contributed by atoms with E-state index in [0.717, 1.165) is 46.6 Å². The first-order chi connectivity index (χ1) is 22.1. The second-order valence-electron chi connectivity index (χ2n) is 11.1. The van der Waals surface area contributed by atoms with Crippen molar-refractivity contribution in [2.24, 2.45) is 0 Å². The highest BCUT2D eigenvalue weighted by atomic mass is 32.2. The summed E-state index contributed by atoms with van der Waals surface area (Å²) in [5.41, 5.74) is 5.58. The molecule has 0 unspecified atom stereocenters. The molecular weight excluding hydrogens is 607 g/mol. The van der Waals surface area contributed by atoms with Crippen LogP contribution in [-0.4, -0.2) is 43.5 Å². The van der Waals surface area contributed by atoms with Gasteiger partial charge in [-0.25, -0.2) is 9.59 Å². The Morgan fingerprint density at radius 3 is 1.98 bits per heavy atom. The minimum absolute atomic E-state index is 0.0333. The second kappa shape index (κ2) is 16.8. The largest absolute Gasteiger partial charge is 0.494 e. The molecule has 0 amide bonds. The minimum Gasteiger partial charge on any atom is -0.494 e. The van der Waals surface area contributed by atoms with Crippen molar-refractivity contribution < 1.29 is 37.7 Å². The molecule has 0 saturated carbocycles. The van der Waals surface area contributed by atoms with Crippen molar-refractivity contribution in [3.8, 4) is 22.6 Å². The molecule has 0 saturated heterocycles. The third-order valence-electron chi connectivity index (χ3n) is 7.47. The van der Waals surface area contributed by atoms with E-state index in [4.69, 9.17) is 18.9 Å². The highest BCUT2D eigenvalue weighted by Gasteiger charge is 2.27. The fourth-order valence-electron chi connectivity index (χ4n) is 4.99. The number of esters is 2. The Labute approximate surface area is 273 Å². The number of carbonyl (C=O) groups is 3. The quantitative estimate of drug-likeness (QED) is 0.0624. The van der Waals surface area contributed by atoms with Gasteiger partial charge in [0.2, 0.25) is 10.9 Å². The van der Waals surface area contributed by atoms with Crippen LogP contribution < -0.4 is 9.47 Å². The zero-order valence-corrected chi connectivity index (χ0v) is 27.1. The van der Waals surface area contributed by atoms with Gasteiger partial charge in [-0.3, -0.25) is 4.79 Å². The first-order valence-corrected chi connectivity index (χ1v) is 16.2. The molecule has 0 fully saturated rings. The lowest BCUT2D eigenvalue weighted by Crippen LogP contribution is -2.09. The van der Waals surface area contributed by atoms with Gasteiger partial charge in [0.15, 0.2) is 0 Å². The first-order valence-electron chi connectivity index (χ1n) is 15.3. The van der Waals surface area contributed by atoms with Gasteiger partial charge < -0.3 is 18.9 Å². The van der Waals surface area contributed by atoms with Crippen molar-refractivity contribution in [2.75, 3.05) is 26.4 Å². The molecule has 0 N–H and O–H groups in total. The smallest absolute Gasteiger partial charge is 0.366 e. The van der Waals surface area contributed by atoms with Gasteiger partial charge in [0.1, 0.15) is 11.5 Å². The number of ether oxygens (including phenoxy) is 4. The van der Waals surface area contributed by atoms with E-state index in [1.165, 1.54) is 17.3 Å². The second-order valence-corrected chi connectivity index (χ2v) is 12.1. The summed E-state index contributed by atoms with van der Waals surface area (Å²) in [6, 6.07) is 19.4. The molecule has 1 aliphatic carbocycles. The third-order valence-corrected chi connectivity index (χ3v) is 8.40. The van der Waals surface area contributed by atoms with Crippen LogP contribution in [0, 0.1) is 0 Å². The molecule has 3 aromatic carbocycles. The maximum absolute atomic E-state index is 13.2. The fourth-order valence-corrected chi connectivity index (χ4v) is 5.72. The Morgan fingerprint density at radius 1 is 0.717 bits per heavy atom. The molecule has 0 radical (unpaired) electrons. The van der Waals surface area contributed by atoms with Crippen LogP contribution in [0.15, 0.2) is 90.1 Å². The molecule has 0 bridgehead atoms. The van der Waals surface area contributed by atoms with Crippen molar-refractivity contribution >= 4 is 28.8 Å². The van der Waals surface area contributed by atoms with Crippen molar-refractivity contribution in [3.05, 3.63) is 102 Å². The maximum Gasteiger partial charge on any atom is 0.366 e. The summed E-state index contributed by atoms with van der Waals surface area (Å²) in [7, 11) is 0. The predicted molar refractivity (Wildman–Crippen MR) is 177 cm³/mol. The standard InChI is InChI=1S/C37H39FO7S/c1-24(2)35(39)44-21-9-20-42-28-11-14-30(15-12-28)46-37(41)27-10-16-31-32-17-13-29(23-34(32)25(3)33(31)22-27)43-18-7-5-6-8-19-45-36(40)26(4)38/h10-17,22-23,25H,1,4-9,18-21H2,2-3H3/t25-/m1/s1. The van der Waals surface area contributed by atoms with Gasteiger partial charge in [-0.05, 0) is 115 Å². The van der Waals surface area contributed by atoms with Crippen molar-refractivity contribution in [2.45, 2.75) is 56.8 Å². The van der Waals surface area contributed by atoms with E-state index in [2.05, 4.69) is 32.2 Å². The Hall–Kier alpha value is -4.37. The minimum atomic E-state index is -1.08. The van der Waals surface area contributed by atoms with Crippen LogP contribution in [0.25, 0.3) is 11.1 Å². The van der Waals surface area contributed by atoms with Crippen molar-refractivity contribution in [1.82, 2.24) is 0 Å². The molecule has 9 heteroatoms. The molecule has 242 valence electrons. The highest BCUT2D eigenvalue weighted by molar-refractivity contribution is 8.14. The van der Waals surface area contributed by atoms with E-state index in [-0.39, 0.29) is 24.2 Å². The van der Waals surface area contributed by atoms with Gasteiger partial charge in [0, 0.05) is 28.4 Å². The van der Waals surface area contributed by atoms with Crippen LogP contribution in [0.1, 0.15) is 73.4 Å². The lowest BCUT2D eigenvalue weighted by Gasteiger charge is -2.11. The Kier molecular flexibility index (Phi) is 12.6. The van der Waals surface area contributed by atoms with Gasteiger partial charge in [-0.2, -0.15) is 4.39 Å². The van der Waals surface area contributed by atoms with E-state index >= 15 is 0 Å². The number of hydrogen-bond donors (Lipinski definition) is 0. The van der Waals surface area contributed by atoms with Gasteiger partial charge in [0.25, 0.3) is 0 Å². The van der Waals surface area contributed by atoms with Crippen LogP contribution >= 0.6 is 11.8 Å². The summed E-state index contributed by atoms with van der Waals surface area (Å²) >= 11 is 1.18. The zero-order chi connectivity index (χ0) is 33.1. The summed E-state index contributed by atoms with van der Waals surface area (Å²) in [6.07, 6.45) is 3.83. The molecule has 0 aromatic heterocycles. The average Bonchev–Trinajstić information content (AvgIpc) is 3.32. The zero-order valence-electron chi connectivity index (χ0n) is 26.3. The van der Waals surface area contributed by atoms with Gasteiger partial charge in [-0.1, -0.05) is 32.2 Å². The molecule has 1 aliphatic rings. The molecule has 0 spiro atoms. The molecule has 4 rings (SSSR count). The van der Waals surface area contributed by atoms with Crippen LogP contribution in [0.2, 0.25) is 0 Å². The third kappa shape index (κ3) is 9.57. The molecule has 3 aromatic rings. The Bertz CT molecular complexity index is 1580. The topological polar surface area (TPSA) is 88.1 Å². The van der Waals surface area contributed by atoms with Crippen LogP contribution in [0.3, 0.4) is 0 Å².